The number of amides is 1. The molecule has 2 aliphatic heterocycles. The number of alkyl halides is 3. The van der Waals surface area contributed by atoms with Gasteiger partial charge < -0.3 is 9.88 Å². The number of piperidine rings is 1. The van der Waals surface area contributed by atoms with Crippen LogP contribution in [0.25, 0.3) is 0 Å². The molecule has 5 nitrogen and oxygen atoms in total. The van der Waals surface area contributed by atoms with E-state index in [0.717, 1.165) is 12.1 Å². The highest BCUT2D eigenvalue weighted by atomic mass is 35.6. The number of nitrogens with one attached hydrogen (secondary N) is 1. The van der Waals surface area contributed by atoms with Crippen molar-refractivity contribution in [3.63, 3.8) is 0 Å². The molecule has 154 valence electrons. The van der Waals surface area contributed by atoms with Gasteiger partial charge >= 0.3 is 0 Å². The number of fused-ring (bicyclic) bond motifs is 4. The normalized spacial score (nSPS) is 22.6. The van der Waals surface area contributed by atoms with Gasteiger partial charge in [0.15, 0.2) is 0 Å². The van der Waals surface area contributed by atoms with E-state index in [1.807, 2.05) is 15.5 Å². The number of likely N-dealkylation sites (tertiary alicyclic amines) is 1. The van der Waals surface area contributed by atoms with Gasteiger partial charge in [-0.1, -0.05) is 58.5 Å². The van der Waals surface area contributed by atoms with Crippen molar-refractivity contribution in [2.45, 2.75) is 28.8 Å². The Kier molecular flexibility index (Phi) is 5.88. The fraction of sp³-hybridized carbons (Fsp3) is 0.400. The third-order valence-electron chi connectivity index (χ3n) is 5.54. The number of pyridine rings is 1. The summed E-state index contributed by atoms with van der Waals surface area (Å²) in [5.74, 6) is 0.00442. The smallest absolute Gasteiger partial charge is 0.252 e. The van der Waals surface area contributed by atoms with Gasteiger partial charge in [-0.15, -0.1) is 0 Å². The van der Waals surface area contributed by atoms with Gasteiger partial charge in [-0.05, 0) is 36.6 Å². The van der Waals surface area contributed by atoms with E-state index < -0.39 is 9.96 Å². The molecule has 3 atom stereocenters. The second-order valence-corrected chi connectivity index (χ2v) is 10.4. The van der Waals surface area contributed by atoms with Crippen molar-refractivity contribution in [2.75, 3.05) is 13.1 Å². The van der Waals surface area contributed by atoms with Gasteiger partial charge in [0, 0.05) is 47.9 Å². The van der Waals surface area contributed by atoms with Crippen LogP contribution in [-0.2, 0) is 6.54 Å². The highest BCUT2D eigenvalue weighted by Crippen LogP contribution is 2.40. The van der Waals surface area contributed by atoms with Crippen LogP contribution in [-0.4, -0.2) is 38.4 Å². The number of benzene rings is 1. The van der Waals surface area contributed by atoms with E-state index in [1.165, 1.54) is 0 Å². The Morgan fingerprint density at radius 1 is 1.10 bits per heavy atom. The van der Waals surface area contributed by atoms with Crippen LogP contribution in [0.1, 0.15) is 28.4 Å². The van der Waals surface area contributed by atoms with Gasteiger partial charge in [0.2, 0.25) is 3.79 Å². The van der Waals surface area contributed by atoms with Gasteiger partial charge in [-0.25, -0.2) is 0 Å². The molecule has 2 bridgehead atoms. The van der Waals surface area contributed by atoms with Gasteiger partial charge in [0.25, 0.3) is 11.5 Å². The predicted molar refractivity (Wildman–Crippen MR) is 116 cm³/mol. The summed E-state index contributed by atoms with van der Waals surface area (Å²) in [5.41, 5.74) is 1.39. The Labute approximate surface area is 188 Å². The molecule has 29 heavy (non-hydrogen) atoms. The van der Waals surface area contributed by atoms with Gasteiger partial charge in [0.1, 0.15) is 6.17 Å². The lowest BCUT2D eigenvalue weighted by Gasteiger charge is -2.47. The van der Waals surface area contributed by atoms with Crippen LogP contribution in [0, 0.1) is 5.92 Å². The molecule has 4 rings (SSSR count). The molecular weight excluding hydrogens is 456 g/mol. The lowest BCUT2D eigenvalue weighted by atomic mass is 9.83. The van der Waals surface area contributed by atoms with Crippen LogP contribution in [0.4, 0.5) is 0 Å². The number of aromatic nitrogens is 1. The minimum Gasteiger partial charge on any atom is -0.332 e. The van der Waals surface area contributed by atoms with Gasteiger partial charge in [0.05, 0.1) is 0 Å². The molecule has 3 heterocycles. The summed E-state index contributed by atoms with van der Waals surface area (Å²) in [6.07, 6.45) is 0.153. The van der Waals surface area contributed by atoms with E-state index in [-0.39, 0.29) is 23.3 Å². The zero-order chi connectivity index (χ0) is 20.8. The quantitative estimate of drug-likeness (QED) is 0.682. The van der Waals surface area contributed by atoms with Crippen molar-refractivity contribution in [3.05, 3.63) is 69.1 Å². The van der Waals surface area contributed by atoms with E-state index in [4.69, 9.17) is 46.4 Å². The van der Waals surface area contributed by atoms with Crippen LogP contribution >= 0.6 is 46.4 Å². The average Bonchev–Trinajstić information content (AvgIpc) is 2.66. The zero-order valence-corrected chi connectivity index (χ0v) is 18.3. The molecule has 0 radical (unpaired) electrons. The highest BCUT2D eigenvalue weighted by Gasteiger charge is 2.44. The largest absolute Gasteiger partial charge is 0.332 e. The number of halogens is 4. The van der Waals surface area contributed by atoms with Gasteiger partial charge in [-0.2, -0.15) is 0 Å². The molecule has 1 N–H and O–H groups in total. The first-order chi connectivity index (χ1) is 13.7. The molecule has 1 amide bonds. The summed E-state index contributed by atoms with van der Waals surface area (Å²) < 4.78 is 0.112. The first-order valence-corrected chi connectivity index (χ1v) is 10.8. The van der Waals surface area contributed by atoms with E-state index >= 15 is 0 Å². The summed E-state index contributed by atoms with van der Waals surface area (Å²) >= 11 is 24.8. The number of carbonyl (C=O) groups excluding carboxylic acids is 1. The van der Waals surface area contributed by atoms with Crippen LogP contribution in [0.3, 0.4) is 0 Å². The summed E-state index contributed by atoms with van der Waals surface area (Å²) in [6, 6.07) is 11.9. The maximum absolute atomic E-state index is 12.8. The van der Waals surface area contributed by atoms with Crippen LogP contribution < -0.4 is 10.9 Å². The first-order valence-electron chi connectivity index (χ1n) is 9.29. The minimum atomic E-state index is -1.73. The SMILES string of the molecule is O=C(NC(N1C[C@@H]2C[C@H](C1)c1cccc(=O)n1C2)C(Cl)(Cl)Cl)c1cccc(Cl)c1. The molecule has 1 saturated heterocycles. The molecule has 0 aliphatic carbocycles. The Morgan fingerprint density at radius 3 is 2.59 bits per heavy atom. The maximum atomic E-state index is 12.8. The first kappa shape index (κ1) is 21.0. The number of carbonyl (C=O) groups is 1. The topological polar surface area (TPSA) is 54.3 Å². The molecule has 0 saturated carbocycles. The lowest BCUT2D eigenvalue weighted by Crippen LogP contribution is -2.60. The summed E-state index contributed by atoms with van der Waals surface area (Å²) in [5, 5.41) is 3.31. The molecule has 9 heteroatoms. The number of hydrogen-bond acceptors (Lipinski definition) is 3. The van der Waals surface area contributed by atoms with Crippen LogP contribution in [0.5, 0.6) is 0 Å². The zero-order valence-electron chi connectivity index (χ0n) is 15.3. The van der Waals surface area contributed by atoms with Crippen molar-refractivity contribution in [2.24, 2.45) is 5.92 Å². The molecule has 0 spiro atoms. The predicted octanol–water partition coefficient (Wildman–Crippen LogP) is 4.05. The monoisotopic (exact) mass is 473 g/mol. The third kappa shape index (κ3) is 4.44. The summed E-state index contributed by atoms with van der Waals surface area (Å²) in [4.78, 5) is 27.0. The fourth-order valence-electron chi connectivity index (χ4n) is 4.36. The standard InChI is InChI=1S/C20H19Cl4N3O2/c21-15-4-1-3-13(8-15)18(29)25-19(20(22,23)24)26-9-12-7-14(11-26)16-5-2-6-17(28)27(16)10-12/h1-6,8,12,14,19H,7,9-11H2,(H,25,29)/t12-,14+,19?/m0/s1. The van der Waals surface area contributed by atoms with Crippen molar-refractivity contribution < 1.29 is 4.79 Å². The number of hydrogen-bond donors (Lipinski definition) is 1. The van der Waals surface area contributed by atoms with E-state index in [0.29, 0.717) is 30.2 Å². The van der Waals surface area contributed by atoms with Crippen molar-refractivity contribution in [1.82, 2.24) is 14.8 Å². The second kappa shape index (κ2) is 8.12. The molecule has 1 aromatic heterocycles. The summed E-state index contributed by atoms with van der Waals surface area (Å²) in [7, 11) is 0. The Balaban J connectivity index is 1.59. The molecule has 1 aromatic carbocycles. The van der Waals surface area contributed by atoms with Crippen molar-refractivity contribution >= 4 is 52.3 Å². The molecule has 2 aromatic rings. The van der Waals surface area contributed by atoms with Crippen LogP contribution in [0.15, 0.2) is 47.3 Å². The summed E-state index contributed by atoms with van der Waals surface area (Å²) in [6.45, 7) is 1.82. The number of nitrogens with zero attached hydrogens (tertiary/aromatic N) is 2. The molecule has 1 unspecified atom stereocenters. The highest BCUT2D eigenvalue weighted by molar-refractivity contribution is 6.68. The molecule has 2 aliphatic rings. The maximum Gasteiger partial charge on any atom is 0.252 e. The lowest BCUT2D eigenvalue weighted by molar-refractivity contribution is 0.0586. The van der Waals surface area contributed by atoms with E-state index in [1.54, 1.807) is 36.4 Å². The van der Waals surface area contributed by atoms with Crippen molar-refractivity contribution in [1.29, 1.82) is 0 Å². The number of rotatable bonds is 3. The Bertz CT molecular complexity index is 988. The minimum absolute atomic E-state index is 0.0119. The fourth-order valence-corrected chi connectivity index (χ4v) is 5.13. The second-order valence-electron chi connectivity index (χ2n) is 7.58. The average molecular weight is 475 g/mol. The van der Waals surface area contributed by atoms with Gasteiger partial charge in [-0.3, -0.25) is 14.5 Å². The van der Waals surface area contributed by atoms with E-state index in [9.17, 15) is 9.59 Å². The third-order valence-corrected chi connectivity index (χ3v) is 6.39. The molecule has 1 fully saturated rings. The Morgan fingerprint density at radius 2 is 1.86 bits per heavy atom. The van der Waals surface area contributed by atoms with E-state index in [2.05, 4.69) is 5.32 Å². The molecular formula is C20H19Cl4N3O2. The van der Waals surface area contributed by atoms with Crippen molar-refractivity contribution in [3.8, 4) is 0 Å². The van der Waals surface area contributed by atoms with Crippen LogP contribution in [0.2, 0.25) is 5.02 Å². The Hall–Kier alpha value is -1.24.